The standard InChI is InChI=1S/C19H28O3/c1-18-7-5-12(20)9-11(18)3-4-13-14(18)6-8-19(2)16(22)10-15(21)17(13)19/h9,13-17,21-22H,3-8,10H2,1-2H3/t13-,14-,15?,16?,17-,18+,19-/m1/s1. The van der Waals surface area contributed by atoms with E-state index in [1.54, 1.807) is 0 Å². The van der Waals surface area contributed by atoms with Crippen molar-refractivity contribution < 1.29 is 15.0 Å². The minimum atomic E-state index is -0.355. The topological polar surface area (TPSA) is 57.5 Å². The second-order valence-electron chi connectivity index (χ2n) is 8.75. The molecule has 0 aromatic heterocycles. The number of aliphatic hydroxyl groups excluding tert-OH is 2. The van der Waals surface area contributed by atoms with Crippen LogP contribution in [0.2, 0.25) is 0 Å². The predicted molar refractivity (Wildman–Crippen MR) is 84.1 cm³/mol. The highest BCUT2D eigenvalue weighted by Gasteiger charge is 2.61. The van der Waals surface area contributed by atoms with Crippen LogP contribution < -0.4 is 0 Å². The molecule has 0 radical (unpaired) electrons. The maximum Gasteiger partial charge on any atom is 0.155 e. The molecule has 3 saturated carbocycles. The molecule has 0 amide bonds. The number of hydrogen-bond acceptors (Lipinski definition) is 3. The molecule has 3 nitrogen and oxygen atoms in total. The molecule has 0 heterocycles. The fourth-order valence-corrected chi connectivity index (χ4v) is 6.59. The molecule has 4 aliphatic rings. The Labute approximate surface area is 132 Å². The van der Waals surface area contributed by atoms with E-state index in [0.29, 0.717) is 30.5 Å². The van der Waals surface area contributed by atoms with Crippen molar-refractivity contribution in [3.8, 4) is 0 Å². The Bertz CT molecular complexity index is 539. The quantitative estimate of drug-likeness (QED) is 0.723. The van der Waals surface area contributed by atoms with Gasteiger partial charge in [-0.05, 0) is 66.8 Å². The second-order valence-corrected chi connectivity index (χ2v) is 8.75. The van der Waals surface area contributed by atoms with Crippen LogP contribution in [0.15, 0.2) is 11.6 Å². The zero-order valence-corrected chi connectivity index (χ0v) is 13.7. The number of ketones is 1. The Hall–Kier alpha value is -0.670. The number of fused-ring (bicyclic) bond motifs is 5. The molecule has 4 rings (SSSR count). The summed E-state index contributed by atoms with van der Waals surface area (Å²) in [6, 6.07) is 0. The van der Waals surface area contributed by atoms with E-state index in [1.165, 1.54) is 5.57 Å². The lowest BCUT2D eigenvalue weighted by Gasteiger charge is -2.58. The molecule has 2 N–H and O–H groups in total. The summed E-state index contributed by atoms with van der Waals surface area (Å²) >= 11 is 0. The molecule has 0 aromatic rings. The molecular weight excluding hydrogens is 276 g/mol. The first-order chi connectivity index (χ1) is 10.4. The number of carbonyl (C=O) groups is 1. The van der Waals surface area contributed by atoms with E-state index in [2.05, 4.69) is 13.8 Å². The van der Waals surface area contributed by atoms with Gasteiger partial charge in [0.1, 0.15) is 0 Å². The highest BCUT2D eigenvalue weighted by Crippen LogP contribution is 2.65. The van der Waals surface area contributed by atoms with Crippen LogP contribution in [-0.4, -0.2) is 28.2 Å². The molecule has 7 atom stereocenters. The number of allylic oxidation sites excluding steroid dienone is 1. The monoisotopic (exact) mass is 304 g/mol. The fraction of sp³-hybridized carbons (Fsp3) is 0.842. The summed E-state index contributed by atoms with van der Waals surface area (Å²) in [5, 5.41) is 21.1. The number of hydrogen-bond donors (Lipinski definition) is 2. The van der Waals surface area contributed by atoms with Gasteiger partial charge in [-0.3, -0.25) is 4.79 Å². The van der Waals surface area contributed by atoms with Gasteiger partial charge in [-0.2, -0.15) is 0 Å². The summed E-state index contributed by atoms with van der Waals surface area (Å²) in [4.78, 5) is 11.8. The molecule has 3 fully saturated rings. The van der Waals surface area contributed by atoms with Crippen molar-refractivity contribution >= 4 is 5.78 Å². The first kappa shape index (κ1) is 14.9. The molecule has 0 aliphatic heterocycles. The zero-order valence-electron chi connectivity index (χ0n) is 13.7. The van der Waals surface area contributed by atoms with Gasteiger partial charge < -0.3 is 10.2 Å². The van der Waals surface area contributed by atoms with Crippen molar-refractivity contribution in [2.24, 2.45) is 28.6 Å². The summed E-state index contributed by atoms with van der Waals surface area (Å²) in [5.41, 5.74) is 1.40. The van der Waals surface area contributed by atoms with Crippen LogP contribution in [0.3, 0.4) is 0 Å². The van der Waals surface area contributed by atoms with Gasteiger partial charge in [0.25, 0.3) is 0 Å². The smallest absolute Gasteiger partial charge is 0.155 e. The van der Waals surface area contributed by atoms with Crippen molar-refractivity contribution in [1.29, 1.82) is 0 Å². The largest absolute Gasteiger partial charge is 0.393 e. The Morgan fingerprint density at radius 2 is 1.91 bits per heavy atom. The average Bonchev–Trinajstić information content (AvgIpc) is 2.70. The molecule has 0 bridgehead atoms. The minimum absolute atomic E-state index is 0.108. The highest BCUT2D eigenvalue weighted by molar-refractivity contribution is 5.91. The predicted octanol–water partition coefficient (Wildman–Crippen LogP) is 2.85. The summed E-state index contributed by atoms with van der Waals surface area (Å²) in [7, 11) is 0. The summed E-state index contributed by atoms with van der Waals surface area (Å²) in [6.07, 6.45) is 7.62. The molecular formula is C19H28O3. The van der Waals surface area contributed by atoms with Gasteiger partial charge in [-0.25, -0.2) is 0 Å². The molecule has 2 unspecified atom stereocenters. The molecule has 122 valence electrons. The van der Waals surface area contributed by atoms with E-state index in [9.17, 15) is 15.0 Å². The SMILES string of the molecule is C[C@]12CCC(=O)C=C1CC[C@@H]1[C@H]2CC[C@]2(C)C(O)CC(O)[C@@H]12. The van der Waals surface area contributed by atoms with E-state index >= 15 is 0 Å². The summed E-state index contributed by atoms with van der Waals surface area (Å²) in [5.74, 6) is 1.60. The Kier molecular flexibility index (Phi) is 3.16. The summed E-state index contributed by atoms with van der Waals surface area (Å²) in [6.45, 7) is 4.54. The fourth-order valence-electron chi connectivity index (χ4n) is 6.59. The van der Waals surface area contributed by atoms with Gasteiger partial charge in [0.05, 0.1) is 12.2 Å². The molecule has 0 saturated heterocycles. The normalized spacial score (nSPS) is 54.3. The van der Waals surface area contributed by atoms with Gasteiger partial charge in [-0.15, -0.1) is 0 Å². The minimum Gasteiger partial charge on any atom is -0.393 e. The van der Waals surface area contributed by atoms with Crippen molar-refractivity contribution in [3.05, 3.63) is 11.6 Å². The van der Waals surface area contributed by atoms with Crippen LogP contribution in [-0.2, 0) is 4.79 Å². The van der Waals surface area contributed by atoms with Gasteiger partial charge in [0.2, 0.25) is 0 Å². The van der Waals surface area contributed by atoms with E-state index in [1.807, 2.05) is 6.08 Å². The highest BCUT2D eigenvalue weighted by atomic mass is 16.3. The second kappa shape index (κ2) is 4.67. The Morgan fingerprint density at radius 3 is 2.68 bits per heavy atom. The molecule has 4 aliphatic carbocycles. The third kappa shape index (κ3) is 1.78. The maximum absolute atomic E-state index is 11.8. The Balaban J connectivity index is 1.71. The Morgan fingerprint density at radius 1 is 1.14 bits per heavy atom. The molecule has 0 aromatic carbocycles. The third-order valence-corrected chi connectivity index (χ3v) is 7.90. The van der Waals surface area contributed by atoms with Crippen molar-refractivity contribution in [2.45, 2.75) is 71.0 Å². The lowest BCUT2D eigenvalue weighted by molar-refractivity contribution is -0.119. The van der Waals surface area contributed by atoms with E-state index in [4.69, 9.17) is 0 Å². The average molecular weight is 304 g/mol. The first-order valence-corrected chi connectivity index (χ1v) is 8.96. The lowest BCUT2D eigenvalue weighted by atomic mass is 9.47. The van der Waals surface area contributed by atoms with Crippen LogP contribution in [0.4, 0.5) is 0 Å². The van der Waals surface area contributed by atoms with Crippen molar-refractivity contribution in [2.75, 3.05) is 0 Å². The van der Waals surface area contributed by atoms with Crippen LogP contribution >= 0.6 is 0 Å². The van der Waals surface area contributed by atoms with Crippen molar-refractivity contribution in [3.63, 3.8) is 0 Å². The van der Waals surface area contributed by atoms with E-state index in [-0.39, 0.29) is 29.0 Å². The van der Waals surface area contributed by atoms with Crippen LogP contribution in [0.1, 0.15) is 58.8 Å². The van der Waals surface area contributed by atoms with E-state index < -0.39 is 0 Å². The van der Waals surface area contributed by atoms with Crippen LogP contribution in [0.5, 0.6) is 0 Å². The lowest BCUT2D eigenvalue weighted by Crippen LogP contribution is -2.52. The number of aliphatic hydroxyl groups is 2. The molecule has 22 heavy (non-hydrogen) atoms. The maximum atomic E-state index is 11.8. The first-order valence-electron chi connectivity index (χ1n) is 8.96. The number of rotatable bonds is 0. The summed E-state index contributed by atoms with van der Waals surface area (Å²) < 4.78 is 0. The van der Waals surface area contributed by atoms with Gasteiger partial charge in [0.15, 0.2) is 5.78 Å². The van der Waals surface area contributed by atoms with Gasteiger partial charge in [-0.1, -0.05) is 19.4 Å². The van der Waals surface area contributed by atoms with Crippen LogP contribution in [0, 0.1) is 28.6 Å². The van der Waals surface area contributed by atoms with Crippen LogP contribution in [0.25, 0.3) is 0 Å². The van der Waals surface area contributed by atoms with E-state index in [0.717, 1.165) is 32.1 Å². The van der Waals surface area contributed by atoms with Crippen molar-refractivity contribution in [1.82, 2.24) is 0 Å². The third-order valence-electron chi connectivity index (χ3n) is 7.90. The molecule has 3 heteroatoms. The number of carbonyl (C=O) groups excluding carboxylic acids is 1. The van der Waals surface area contributed by atoms with Gasteiger partial charge in [0, 0.05) is 12.8 Å². The zero-order chi connectivity index (χ0) is 15.7. The van der Waals surface area contributed by atoms with Gasteiger partial charge >= 0.3 is 0 Å². The molecule has 0 spiro atoms.